The van der Waals surface area contributed by atoms with Crippen LogP contribution in [-0.4, -0.2) is 24.1 Å². The molecule has 0 fully saturated rings. The molecule has 1 rings (SSSR count). The third-order valence-corrected chi connectivity index (χ3v) is 2.57. The maximum atomic E-state index is 11.2. The molecular weight excluding hydrogens is 263 g/mol. The van der Waals surface area contributed by atoms with Crippen LogP contribution in [0.25, 0.3) is 0 Å². The van der Waals surface area contributed by atoms with Gasteiger partial charge in [-0.1, -0.05) is 23.2 Å². The van der Waals surface area contributed by atoms with Crippen molar-refractivity contribution in [3.63, 3.8) is 0 Å². The van der Waals surface area contributed by atoms with Crippen molar-refractivity contribution in [3.05, 3.63) is 33.8 Å². The zero-order valence-electron chi connectivity index (χ0n) is 9.12. The van der Waals surface area contributed by atoms with Crippen LogP contribution in [0, 0.1) is 0 Å². The van der Waals surface area contributed by atoms with Gasteiger partial charge in [0.15, 0.2) is 0 Å². The van der Waals surface area contributed by atoms with Gasteiger partial charge in [0.2, 0.25) is 5.91 Å². The number of halogens is 2. The summed E-state index contributed by atoms with van der Waals surface area (Å²) in [5, 5.41) is 13.3. The number of hydrogen-bond acceptors (Lipinski definition) is 3. The lowest BCUT2D eigenvalue weighted by Crippen LogP contribution is -2.29. The standard InChI is InChI=1S/C11H14Cl2N2O2/c12-8-3-7(4-9(13)5-8)10(16)6-15-11(17)1-2-14/h3-5,10,16H,1-2,6,14H2,(H,15,17). The average molecular weight is 277 g/mol. The Kier molecular flexibility index (Phi) is 5.71. The highest BCUT2D eigenvalue weighted by Gasteiger charge is 2.10. The van der Waals surface area contributed by atoms with E-state index in [0.29, 0.717) is 15.6 Å². The first-order valence-corrected chi connectivity index (χ1v) is 5.89. The summed E-state index contributed by atoms with van der Waals surface area (Å²) in [4.78, 5) is 11.2. The zero-order chi connectivity index (χ0) is 12.8. The zero-order valence-corrected chi connectivity index (χ0v) is 10.6. The number of benzene rings is 1. The number of nitrogens with two attached hydrogens (primary N) is 1. The van der Waals surface area contributed by atoms with E-state index in [4.69, 9.17) is 28.9 Å². The number of hydrogen-bond donors (Lipinski definition) is 3. The van der Waals surface area contributed by atoms with Gasteiger partial charge in [0.25, 0.3) is 0 Å². The van der Waals surface area contributed by atoms with Gasteiger partial charge in [0, 0.05) is 29.6 Å². The second-order valence-electron chi connectivity index (χ2n) is 3.56. The molecule has 0 aliphatic carbocycles. The third kappa shape index (κ3) is 4.91. The Morgan fingerprint density at radius 2 is 1.94 bits per heavy atom. The quantitative estimate of drug-likeness (QED) is 0.763. The van der Waals surface area contributed by atoms with Crippen molar-refractivity contribution < 1.29 is 9.90 Å². The van der Waals surface area contributed by atoms with Crippen molar-refractivity contribution in [2.24, 2.45) is 5.73 Å². The third-order valence-electron chi connectivity index (χ3n) is 2.13. The minimum atomic E-state index is -0.840. The Labute approximate surface area is 110 Å². The summed E-state index contributed by atoms with van der Waals surface area (Å²) in [6.07, 6.45) is -0.601. The first-order chi connectivity index (χ1) is 8.02. The normalized spacial score (nSPS) is 12.2. The molecule has 0 aliphatic heterocycles. The number of carbonyl (C=O) groups excluding carboxylic acids is 1. The predicted molar refractivity (Wildman–Crippen MR) is 68.1 cm³/mol. The lowest BCUT2D eigenvalue weighted by atomic mass is 10.1. The van der Waals surface area contributed by atoms with Gasteiger partial charge < -0.3 is 16.2 Å². The van der Waals surface area contributed by atoms with Gasteiger partial charge in [-0.3, -0.25) is 4.79 Å². The summed E-state index contributed by atoms with van der Waals surface area (Å²) in [6.45, 7) is 0.389. The first-order valence-electron chi connectivity index (χ1n) is 5.13. The van der Waals surface area contributed by atoms with Crippen molar-refractivity contribution in [2.45, 2.75) is 12.5 Å². The van der Waals surface area contributed by atoms with Crippen LogP contribution in [0.5, 0.6) is 0 Å². The molecule has 0 heterocycles. The second kappa shape index (κ2) is 6.81. The van der Waals surface area contributed by atoms with E-state index in [1.54, 1.807) is 18.2 Å². The van der Waals surface area contributed by atoms with Crippen LogP contribution in [0.3, 0.4) is 0 Å². The van der Waals surface area contributed by atoms with Crippen molar-refractivity contribution in [1.82, 2.24) is 5.32 Å². The fourth-order valence-electron chi connectivity index (χ4n) is 1.32. The predicted octanol–water partition coefficient (Wildman–Crippen LogP) is 1.49. The minimum Gasteiger partial charge on any atom is -0.387 e. The van der Waals surface area contributed by atoms with Crippen molar-refractivity contribution in [3.8, 4) is 0 Å². The summed E-state index contributed by atoms with van der Waals surface area (Å²) >= 11 is 11.6. The van der Waals surface area contributed by atoms with Gasteiger partial charge in [-0.25, -0.2) is 0 Å². The van der Waals surface area contributed by atoms with Crippen LogP contribution in [0.15, 0.2) is 18.2 Å². The molecule has 6 heteroatoms. The van der Waals surface area contributed by atoms with Gasteiger partial charge in [0.05, 0.1) is 6.10 Å². The fourth-order valence-corrected chi connectivity index (χ4v) is 1.86. The molecule has 4 N–H and O–H groups in total. The first kappa shape index (κ1) is 14.3. The van der Waals surface area contributed by atoms with E-state index < -0.39 is 6.10 Å². The molecule has 1 amide bonds. The average Bonchev–Trinajstić information content (AvgIpc) is 2.25. The van der Waals surface area contributed by atoms with Crippen molar-refractivity contribution in [1.29, 1.82) is 0 Å². The van der Waals surface area contributed by atoms with Gasteiger partial charge in [-0.2, -0.15) is 0 Å². The van der Waals surface area contributed by atoms with E-state index in [0.717, 1.165) is 0 Å². The molecule has 1 aromatic carbocycles. The van der Waals surface area contributed by atoms with E-state index in [2.05, 4.69) is 5.32 Å². The number of rotatable bonds is 5. The lowest BCUT2D eigenvalue weighted by molar-refractivity contribution is -0.121. The highest BCUT2D eigenvalue weighted by molar-refractivity contribution is 6.34. The van der Waals surface area contributed by atoms with Crippen LogP contribution < -0.4 is 11.1 Å². The minimum absolute atomic E-state index is 0.107. The van der Waals surface area contributed by atoms with E-state index >= 15 is 0 Å². The molecule has 0 aromatic heterocycles. The molecule has 0 saturated heterocycles. The number of aliphatic hydroxyl groups is 1. The van der Waals surface area contributed by atoms with Crippen LogP contribution >= 0.6 is 23.2 Å². The highest BCUT2D eigenvalue weighted by Crippen LogP contribution is 2.23. The Morgan fingerprint density at radius 3 is 2.47 bits per heavy atom. The highest BCUT2D eigenvalue weighted by atomic mass is 35.5. The van der Waals surface area contributed by atoms with Crippen LogP contribution in [-0.2, 0) is 4.79 Å². The van der Waals surface area contributed by atoms with Gasteiger partial charge in [-0.05, 0) is 23.8 Å². The molecule has 0 saturated carbocycles. The van der Waals surface area contributed by atoms with E-state index in [-0.39, 0.29) is 25.4 Å². The smallest absolute Gasteiger partial charge is 0.221 e. The molecule has 1 aromatic rings. The van der Waals surface area contributed by atoms with Gasteiger partial charge in [-0.15, -0.1) is 0 Å². The largest absolute Gasteiger partial charge is 0.387 e. The van der Waals surface area contributed by atoms with Gasteiger partial charge >= 0.3 is 0 Å². The van der Waals surface area contributed by atoms with Crippen molar-refractivity contribution >= 4 is 29.1 Å². The molecular formula is C11H14Cl2N2O2. The maximum absolute atomic E-state index is 11.2. The fraction of sp³-hybridized carbons (Fsp3) is 0.364. The molecule has 94 valence electrons. The molecule has 17 heavy (non-hydrogen) atoms. The SMILES string of the molecule is NCCC(=O)NCC(O)c1cc(Cl)cc(Cl)c1. The molecule has 0 spiro atoms. The van der Waals surface area contributed by atoms with E-state index in [1.165, 1.54) is 0 Å². The topological polar surface area (TPSA) is 75.4 Å². The number of aliphatic hydroxyl groups excluding tert-OH is 1. The monoisotopic (exact) mass is 276 g/mol. The molecule has 4 nitrogen and oxygen atoms in total. The summed E-state index contributed by atoms with van der Waals surface area (Å²) in [6, 6.07) is 4.78. The molecule has 0 aliphatic rings. The Hall–Kier alpha value is -0.810. The molecule has 0 radical (unpaired) electrons. The number of amides is 1. The van der Waals surface area contributed by atoms with Crippen molar-refractivity contribution in [2.75, 3.05) is 13.1 Å². The van der Waals surface area contributed by atoms with Crippen LogP contribution in [0.1, 0.15) is 18.1 Å². The Morgan fingerprint density at radius 1 is 1.35 bits per heavy atom. The lowest BCUT2D eigenvalue weighted by Gasteiger charge is -2.12. The summed E-state index contributed by atoms with van der Waals surface area (Å²) in [5.74, 6) is -0.195. The molecule has 1 unspecified atom stereocenters. The van der Waals surface area contributed by atoms with E-state index in [1.807, 2.05) is 0 Å². The maximum Gasteiger partial charge on any atom is 0.221 e. The Balaban J connectivity index is 2.57. The number of carbonyl (C=O) groups is 1. The molecule has 0 bridgehead atoms. The summed E-state index contributed by atoms with van der Waals surface area (Å²) in [5.41, 5.74) is 5.79. The number of nitrogens with one attached hydrogen (secondary N) is 1. The summed E-state index contributed by atoms with van der Waals surface area (Å²) < 4.78 is 0. The van der Waals surface area contributed by atoms with E-state index in [9.17, 15) is 9.90 Å². The Bertz CT molecular complexity index is 379. The summed E-state index contributed by atoms with van der Waals surface area (Å²) in [7, 11) is 0. The second-order valence-corrected chi connectivity index (χ2v) is 4.43. The van der Waals surface area contributed by atoms with Crippen LogP contribution in [0.2, 0.25) is 10.0 Å². The molecule has 1 atom stereocenters. The van der Waals surface area contributed by atoms with Crippen LogP contribution in [0.4, 0.5) is 0 Å². The van der Waals surface area contributed by atoms with Gasteiger partial charge in [0.1, 0.15) is 0 Å².